The van der Waals surface area contributed by atoms with E-state index in [0.29, 0.717) is 0 Å². The molecule has 0 saturated carbocycles. The fourth-order valence-corrected chi connectivity index (χ4v) is 0.269. The molecule has 0 rings (SSSR count). The van der Waals surface area contributed by atoms with Gasteiger partial charge < -0.3 is 0 Å². The summed E-state index contributed by atoms with van der Waals surface area (Å²) in [5.74, 6) is 17.7. The van der Waals surface area contributed by atoms with E-state index in [2.05, 4.69) is 69.4 Å². The molecule has 0 fully saturated rings. The predicted molar refractivity (Wildman–Crippen MR) is 50.9 cm³/mol. The highest BCUT2D eigenvalue weighted by Gasteiger charge is 1.68. The molecule has 0 aromatic heterocycles. The summed E-state index contributed by atoms with van der Waals surface area (Å²) < 4.78 is 0. The van der Waals surface area contributed by atoms with Crippen molar-refractivity contribution in [2.75, 3.05) is 0 Å². The van der Waals surface area contributed by atoms with E-state index in [-0.39, 0.29) is 0 Å². The fourth-order valence-electron chi connectivity index (χ4n) is 0.269. The van der Waals surface area contributed by atoms with Gasteiger partial charge in [-0.2, -0.15) is 0 Å². The first-order valence-electron chi connectivity index (χ1n) is 3.15. The fraction of sp³-hybridized carbons (Fsp3) is 0. The van der Waals surface area contributed by atoms with Crippen molar-refractivity contribution < 1.29 is 9.78 Å². The molecular formula is C12H2O2. The van der Waals surface area contributed by atoms with Crippen molar-refractivity contribution >= 4 is 0 Å². The number of rotatable bonds is 1. The minimum absolute atomic E-state index is 2.07. The van der Waals surface area contributed by atoms with Crippen molar-refractivity contribution in [3.8, 4) is 72.4 Å². The zero-order valence-corrected chi connectivity index (χ0v) is 6.97. The summed E-state index contributed by atoms with van der Waals surface area (Å²) in [6.45, 7) is 0. The van der Waals surface area contributed by atoms with Gasteiger partial charge in [-0.05, 0) is 23.7 Å². The Hall–Kier alpha value is -3.04. The lowest BCUT2D eigenvalue weighted by molar-refractivity contribution is -0.167. The summed E-state index contributed by atoms with van der Waals surface area (Å²) in [6, 6.07) is 0. The third kappa shape index (κ3) is 8.96. The van der Waals surface area contributed by atoms with Crippen LogP contribution in [0.3, 0.4) is 0 Å². The molecule has 0 radical (unpaired) electrons. The highest BCUT2D eigenvalue weighted by atomic mass is 17.2. The van der Waals surface area contributed by atoms with Crippen LogP contribution in [-0.4, -0.2) is 0 Å². The maximum atomic E-state index is 4.82. The molecular weight excluding hydrogens is 176 g/mol. The Labute approximate surface area is 82.9 Å². The molecule has 0 unspecified atom stereocenters. The summed E-state index contributed by atoms with van der Waals surface area (Å²) >= 11 is 0. The zero-order valence-electron chi connectivity index (χ0n) is 6.97. The topological polar surface area (TPSA) is 18.5 Å². The van der Waals surface area contributed by atoms with Gasteiger partial charge in [-0.15, -0.1) is 12.8 Å². The Morgan fingerprint density at radius 2 is 1.00 bits per heavy atom. The van der Waals surface area contributed by atoms with E-state index in [0.717, 1.165) is 0 Å². The molecule has 0 aromatic rings. The van der Waals surface area contributed by atoms with Crippen molar-refractivity contribution in [1.29, 1.82) is 0 Å². The second-order valence-corrected chi connectivity index (χ2v) is 1.41. The standard InChI is InChI=1S/C12H2O2/c1-3-5-7-9-11-13-14-12-10-8-6-4-2/h1-2H. The van der Waals surface area contributed by atoms with Crippen molar-refractivity contribution in [2.45, 2.75) is 0 Å². The summed E-state index contributed by atoms with van der Waals surface area (Å²) in [5.41, 5.74) is 0. The summed E-state index contributed by atoms with van der Waals surface area (Å²) in [6.07, 6.45) is 13.8. The Bertz CT molecular complexity index is 447. The summed E-state index contributed by atoms with van der Waals surface area (Å²) in [5, 5.41) is 0. The van der Waals surface area contributed by atoms with Gasteiger partial charge in [0.05, 0.1) is 0 Å². The van der Waals surface area contributed by atoms with Crippen LogP contribution in [0.15, 0.2) is 0 Å². The van der Waals surface area contributed by atoms with E-state index < -0.39 is 0 Å². The molecule has 0 aliphatic rings. The van der Waals surface area contributed by atoms with Crippen molar-refractivity contribution in [1.82, 2.24) is 0 Å². The van der Waals surface area contributed by atoms with Crippen LogP contribution in [0.2, 0.25) is 0 Å². The Kier molecular flexibility index (Phi) is 7.80. The van der Waals surface area contributed by atoms with Gasteiger partial charge in [-0.1, -0.05) is 0 Å². The first kappa shape index (κ1) is 11.0. The smallest absolute Gasteiger partial charge is 0.186 e. The Balaban J connectivity index is 3.75. The summed E-state index contributed by atoms with van der Waals surface area (Å²) in [4.78, 5) is 8.47. The predicted octanol–water partition coefficient (Wildman–Crippen LogP) is 0.130. The van der Waals surface area contributed by atoms with Gasteiger partial charge in [0.1, 0.15) is 0 Å². The quantitative estimate of drug-likeness (QED) is 0.246. The lowest BCUT2D eigenvalue weighted by Crippen LogP contribution is -1.76. The molecule has 2 nitrogen and oxygen atoms in total. The average molecular weight is 178 g/mol. The van der Waals surface area contributed by atoms with Crippen LogP contribution in [0, 0.1) is 72.4 Å². The van der Waals surface area contributed by atoms with Crippen LogP contribution in [0.1, 0.15) is 0 Å². The van der Waals surface area contributed by atoms with Crippen LogP contribution in [0.5, 0.6) is 0 Å². The van der Waals surface area contributed by atoms with E-state index >= 15 is 0 Å². The van der Waals surface area contributed by atoms with Gasteiger partial charge in [0, 0.05) is 23.7 Å². The first-order valence-corrected chi connectivity index (χ1v) is 3.15. The third-order valence-electron chi connectivity index (χ3n) is 0.621. The van der Waals surface area contributed by atoms with Gasteiger partial charge in [0.15, 0.2) is 12.2 Å². The van der Waals surface area contributed by atoms with E-state index in [1.807, 2.05) is 0 Å². The second-order valence-electron chi connectivity index (χ2n) is 1.41. The maximum Gasteiger partial charge on any atom is 0.186 e. The molecule has 62 valence electrons. The molecule has 0 saturated heterocycles. The average Bonchev–Trinajstić information content (AvgIpc) is 2.21. The van der Waals surface area contributed by atoms with E-state index in [1.165, 1.54) is 0 Å². The molecule has 0 bridgehead atoms. The van der Waals surface area contributed by atoms with Gasteiger partial charge in [0.2, 0.25) is 0 Å². The highest BCUT2D eigenvalue weighted by Crippen LogP contribution is 1.69. The summed E-state index contributed by atoms with van der Waals surface area (Å²) in [7, 11) is 0. The van der Waals surface area contributed by atoms with Gasteiger partial charge in [0.25, 0.3) is 0 Å². The highest BCUT2D eigenvalue weighted by molar-refractivity contribution is 5.33. The lowest BCUT2D eigenvalue weighted by Gasteiger charge is -1.81. The van der Waals surface area contributed by atoms with E-state index in [4.69, 9.17) is 12.8 Å². The van der Waals surface area contributed by atoms with Crippen molar-refractivity contribution in [2.24, 2.45) is 0 Å². The SMILES string of the molecule is C#CC#CC#COOC#CC#CC#C. The number of hydrogen-bond donors (Lipinski definition) is 0. The lowest BCUT2D eigenvalue weighted by atomic mass is 10.6. The largest absolute Gasteiger partial charge is 0.223 e. The molecule has 0 N–H and O–H groups in total. The number of hydrogen-bond acceptors (Lipinski definition) is 2. The van der Waals surface area contributed by atoms with Crippen LogP contribution < -0.4 is 0 Å². The van der Waals surface area contributed by atoms with E-state index in [1.54, 1.807) is 0 Å². The molecule has 0 aromatic carbocycles. The minimum atomic E-state index is 2.07. The molecule has 0 heterocycles. The van der Waals surface area contributed by atoms with Crippen LogP contribution >= 0.6 is 0 Å². The zero-order chi connectivity index (χ0) is 10.5. The molecule has 0 amide bonds. The van der Waals surface area contributed by atoms with Gasteiger partial charge in [-0.3, -0.25) is 0 Å². The Morgan fingerprint density at radius 3 is 1.36 bits per heavy atom. The van der Waals surface area contributed by atoms with E-state index in [9.17, 15) is 0 Å². The Morgan fingerprint density at radius 1 is 0.571 bits per heavy atom. The maximum absolute atomic E-state index is 4.82. The van der Waals surface area contributed by atoms with Crippen molar-refractivity contribution in [3.63, 3.8) is 0 Å². The molecule has 0 aliphatic carbocycles. The molecule has 2 heteroatoms. The van der Waals surface area contributed by atoms with Crippen LogP contribution in [-0.2, 0) is 9.78 Å². The molecule has 14 heavy (non-hydrogen) atoms. The van der Waals surface area contributed by atoms with Gasteiger partial charge in [-0.25, -0.2) is 9.78 Å². The second kappa shape index (κ2) is 9.96. The third-order valence-corrected chi connectivity index (χ3v) is 0.621. The minimum Gasteiger partial charge on any atom is -0.223 e. The normalized spacial score (nSPS) is 4.14. The van der Waals surface area contributed by atoms with Crippen LogP contribution in [0.25, 0.3) is 0 Å². The van der Waals surface area contributed by atoms with Gasteiger partial charge >= 0.3 is 0 Å². The first-order chi connectivity index (χ1) is 6.91. The molecule has 0 atom stereocenters. The number of terminal acetylenes is 2. The molecule has 0 spiro atoms. The monoisotopic (exact) mass is 178 g/mol. The molecule has 0 aliphatic heterocycles. The van der Waals surface area contributed by atoms with Crippen molar-refractivity contribution in [3.05, 3.63) is 0 Å². The van der Waals surface area contributed by atoms with Crippen LogP contribution in [0.4, 0.5) is 0 Å².